The van der Waals surface area contributed by atoms with Crippen molar-refractivity contribution in [3.63, 3.8) is 0 Å². The first kappa shape index (κ1) is 12.4. The average Bonchev–Trinajstić information content (AvgIpc) is 2.54. The van der Waals surface area contributed by atoms with Gasteiger partial charge in [-0.05, 0) is 32.9 Å². The SMILES string of the molecule is CC(CN1CCCC1)NS(=O)(=O)CC#N. The summed E-state index contributed by atoms with van der Waals surface area (Å²) in [7, 11) is -3.41. The first-order valence-electron chi connectivity index (χ1n) is 5.13. The van der Waals surface area contributed by atoms with Crippen molar-refractivity contribution in [2.24, 2.45) is 0 Å². The van der Waals surface area contributed by atoms with Crippen LogP contribution in [0.5, 0.6) is 0 Å². The lowest BCUT2D eigenvalue weighted by molar-refractivity contribution is 0.313. The van der Waals surface area contributed by atoms with Gasteiger partial charge < -0.3 is 4.90 Å². The fourth-order valence-electron chi connectivity index (χ4n) is 1.82. The normalized spacial score (nSPS) is 20.0. The van der Waals surface area contributed by atoms with E-state index in [1.807, 2.05) is 6.92 Å². The second-order valence-corrected chi connectivity index (χ2v) is 5.70. The van der Waals surface area contributed by atoms with Crippen LogP contribution < -0.4 is 4.72 Å². The summed E-state index contributed by atoms with van der Waals surface area (Å²) in [6.07, 6.45) is 2.38. The highest BCUT2D eigenvalue weighted by Crippen LogP contribution is 2.07. The van der Waals surface area contributed by atoms with Crippen LogP contribution in [0.2, 0.25) is 0 Å². The van der Waals surface area contributed by atoms with E-state index in [1.54, 1.807) is 6.07 Å². The van der Waals surface area contributed by atoms with Crippen molar-refractivity contribution >= 4 is 10.0 Å². The molecule has 0 bridgehead atoms. The Morgan fingerprint density at radius 3 is 2.60 bits per heavy atom. The highest BCUT2D eigenvalue weighted by Gasteiger charge is 2.18. The molecule has 1 rings (SSSR count). The fourth-order valence-corrected chi connectivity index (χ4v) is 2.76. The van der Waals surface area contributed by atoms with E-state index in [1.165, 1.54) is 12.8 Å². The maximum absolute atomic E-state index is 11.3. The van der Waals surface area contributed by atoms with Gasteiger partial charge in [0.25, 0.3) is 0 Å². The highest BCUT2D eigenvalue weighted by molar-refractivity contribution is 7.89. The molecule has 1 N–H and O–H groups in total. The smallest absolute Gasteiger partial charge is 0.225 e. The summed E-state index contributed by atoms with van der Waals surface area (Å²) in [6.45, 7) is 4.65. The molecule has 1 aliphatic heterocycles. The van der Waals surface area contributed by atoms with E-state index in [0.29, 0.717) is 0 Å². The summed E-state index contributed by atoms with van der Waals surface area (Å²) in [6, 6.07) is 1.52. The van der Waals surface area contributed by atoms with Crippen LogP contribution in [-0.4, -0.2) is 44.7 Å². The van der Waals surface area contributed by atoms with Gasteiger partial charge in [-0.1, -0.05) is 0 Å². The van der Waals surface area contributed by atoms with E-state index in [-0.39, 0.29) is 6.04 Å². The van der Waals surface area contributed by atoms with E-state index >= 15 is 0 Å². The van der Waals surface area contributed by atoms with Gasteiger partial charge in [0.15, 0.2) is 5.75 Å². The molecule has 86 valence electrons. The zero-order valence-corrected chi connectivity index (χ0v) is 9.76. The molecule has 1 fully saturated rings. The van der Waals surface area contributed by atoms with E-state index in [2.05, 4.69) is 9.62 Å². The molecular weight excluding hydrogens is 214 g/mol. The van der Waals surface area contributed by atoms with Gasteiger partial charge in [0.2, 0.25) is 10.0 Å². The number of likely N-dealkylation sites (tertiary alicyclic amines) is 1. The van der Waals surface area contributed by atoms with Gasteiger partial charge >= 0.3 is 0 Å². The van der Waals surface area contributed by atoms with Crippen molar-refractivity contribution in [3.05, 3.63) is 0 Å². The predicted molar refractivity (Wildman–Crippen MR) is 57.7 cm³/mol. The van der Waals surface area contributed by atoms with Gasteiger partial charge in [-0.25, -0.2) is 13.1 Å². The van der Waals surface area contributed by atoms with E-state index in [4.69, 9.17) is 5.26 Å². The Kier molecular flexibility index (Phi) is 4.51. The van der Waals surface area contributed by atoms with Crippen molar-refractivity contribution in [2.45, 2.75) is 25.8 Å². The lowest BCUT2D eigenvalue weighted by atomic mass is 10.3. The molecule has 5 nitrogen and oxygen atoms in total. The van der Waals surface area contributed by atoms with Gasteiger partial charge in [-0.3, -0.25) is 0 Å². The van der Waals surface area contributed by atoms with Crippen LogP contribution in [0.4, 0.5) is 0 Å². The van der Waals surface area contributed by atoms with Gasteiger partial charge in [-0.2, -0.15) is 5.26 Å². The topological polar surface area (TPSA) is 73.2 Å². The van der Waals surface area contributed by atoms with Gasteiger partial charge in [0.1, 0.15) is 0 Å². The first-order valence-corrected chi connectivity index (χ1v) is 6.78. The lowest BCUT2D eigenvalue weighted by Gasteiger charge is -2.20. The molecule has 1 saturated heterocycles. The number of hydrogen-bond acceptors (Lipinski definition) is 4. The lowest BCUT2D eigenvalue weighted by Crippen LogP contribution is -2.41. The summed E-state index contributed by atoms with van der Waals surface area (Å²) < 4.78 is 25.0. The van der Waals surface area contributed by atoms with Crippen molar-refractivity contribution in [2.75, 3.05) is 25.4 Å². The minimum atomic E-state index is -3.41. The van der Waals surface area contributed by atoms with Crippen LogP contribution in [0.25, 0.3) is 0 Å². The first-order chi connectivity index (χ1) is 7.03. The molecule has 1 unspecified atom stereocenters. The third-order valence-corrected chi connectivity index (χ3v) is 3.64. The minimum Gasteiger partial charge on any atom is -0.302 e. The van der Waals surface area contributed by atoms with Crippen molar-refractivity contribution < 1.29 is 8.42 Å². The summed E-state index contributed by atoms with van der Waals surface area (Å²) >= 11 is 0. The Morgan fingerprint density at radius 1 is 1.47 bits per heavy atom. The Balaban J connectivity index is 2.35. The number of nitrogens with zero attached hydrogens (tertiary/aromatic N) is 2. The Hall–Kier alpha value is -0.640. The Bertz CT molecular complexity index is 328. The second-order valence-electron chi connectivity index (χ2n) is 3.94. The molecule has 0 radical (unpaired) electrons. The molecule has 0 saturated carbocycles. The molecule has 0 aromatic carbocycles. The summed E-state index contributed by atoms with van der Waals surface area (Å²) in [5.41, 5.74) is 0. The fraction of sp³-hybridized carbons (Fsp3) is 0.889. The van der Waals surface area contributed by atoms with E-state index in [9.17, 15) is 8.42 Å². The zero-order valence-electron chi connectivity index (χ0n) is 8.94. The standard InChI is InChI=1S/C9H17N3O2S/c1-9(8-12-5-2-3-6-12)11-15(13,14)7-4-10/h9,11H,2-3,5-8H2,1H3. The molecule has 0 aromatic heterocycles. The quantitative estimate of drug-likeness (QED) is 0.718. The number of nitrogens with one attached hydrogen (secondary N) is 1. The van der Waals surface area contributed by atoms with Gasteiger partial charge in [0.05, 0.1) is 6.07 Å². The molecule has 0 aliphatic carbocycles. The number of hydrogen-bond donors (Lipinski definition) is 1. The molecule has 0 amide bonds. The minimum absolute atomic E-state index is 0.124. The molecule has 1 atom stereocenters. The zero-order chi connectivity index (χ0) is 11.3. The summed E-state index contributed by atoms with van der Waals surface area (Å²) in [5, 5.41) is 8.32. The molecule has 1 aliphatic rings. The summed E-state index contributed by atoms with van der Waals surface area (Å²) in [5.74, 6) is -0.461. The van der Waals surface area contributed by atoms with Crippen LogP contribution in [0.3, 0.4) is 0 Å². The third-order valence-electron chi connectivity index (χ3n) is 2.37. The van der Waals surface area contributed by atoms with Crippen LogP contribution >= 0.6 is 0 Å². The van der Waals surface area contributed by atoms with Gasteiger partial charge in [0, 0.05) is 12.6 Å². The maximum Gasteiger partial charge on any atom is 0.225 e. The number of nitriles is 1. The Labute approximate surface area is 91.1 Å². The van der Waals surface area contributed by atoms with Crippen LogP contribution in [0.1, 0.15) is 19.8 Å². The Morgan fingerprint density at radius 2 is 2.07 bits per heavy atom. The molecule has 1 heterocycles. The predicted octanol–water partition coefficient (Wildman–Crippen LogP) is -0.0863. The third kappa shape index (κ3) is 4.60. The molecular formula is C9H17N3O2S. The maximum atomic E-state index is 11.3. The van der Waals surface area contributed by atoms with E-state index in [0.717, 1.165) is 19.6 Å². The van der Waals surface area contributed by atoms with Gasteiger partial charge in [-0.15, -0.1) is 0 Å². The van der Waals surface area contributed by atoms with Crippen LogP contribution in [0.15, 0.2) is 0 Å². The molecule has 0 spiro atoms. The second kappa shape index (κ2) is 5.45. The van der Waals surface area contributed by atoms with Crippen molar-refractivity contribution in [1.82, 2.24) is 9.62 Å². The monoisotopic (exact) mass is 231 g/mol. The molecule has 0 aromatic rings. The molecule has 15 heavy (non-hydrogen) atoms. The number of rotatable bonds is 5. The number of sulfonamides is 1. The van der Waals surface area contributed by atoms with Crippen LogP contribution in [-0.2, 0) is 10.0 Å². The van der Waals surface area contributed by atoms with Crippen LogP contribution in [0, 0.1) is 11.3 Å². The largest absolute Gasteiger partial charge is 0.302 e. The average molecular weight is 231 g/mol. The molecule has 6 heteroatoms. The summed E-state index contributed by atoms with van der Waals surface area (Å²) in [4.78, 5) is 2.24. The van der Waals surface area contributed by atoms with Crippen molar-refractivity contribution in [3.8, 4) is 6.07 Å². The highest BCUT2D eigenvalue weighted by atomic mass is 32.2. The van der Waals surface area contributed by atoms with E-state index < -0.39 is 15.8 Å². The van der Waals surface area contributed by atoms with Crippen molar-refractivity contribution in [1.29, 1.82) is 5.26 Å².